The second-order valence-corrected chi connectivity index (χ2v) is 7.95. The van der Waals surface area contributed by atoms with Gasteiger partial charge in [0.2, 0.25) is 5.91 Å². The van der Waals surface area contributed by atoms with Crippen LogP contribution in [0.3, 0.4) is 0 Å². The van der Waals surface area contributed by atoms with Gasteiger partial charge in [-0.05, 0) is 66.3 Å². The molecular weight excluding hydrogens is 322 g/mol. The Morgan fingerprint density at radius 1 is 1.19 bits per heavy atom. The summed E-state index contributed by atoms with van der Waals surface area (Å²) in [6, 6.07) is 12.5. The van der Waals surface area contributed by atoms with E-state index in [9.17, 15) is 9.90 Å². The molecule has 0 aromatic heterocycles. The summed E-state index contributed by atoms with van der Waals surface area (Å²) < 4.78 is 0. The molecule has 136 valence electrons. The van der Waals surface area contributed by atoms with Crippen molar-refractivity contribution in [3.8, 4) is 5.75 Å². The third-order valence-corrected chi connectivity index (χ3v) is 6.42. The third-order valence-electron chi connectivity index (χ3n) is 6.42. The van der Waals surface area contributed by atoms with Crippen molar-refractivity contribution >= 4 is 5.91 Å². The van der Waals surface area contributed by atoms with Gasteiger partial charge in [0, 0.05) is 13.5 Å². The van der Waals surface area contributed by atoms with E-state index in [0.29, 0.717) is 24.1 Å². The van der Waals surface area contributed by atoms with E-state index in [1.165, 1.54) is 24.0 Å². The Morgan fingerprint density at radius 3 is 2.62 bits per heavy atom. The highest BCUT2D eigenvalue weighted by Gasteiger charge is 2.47. The van der Waals surface area contributed by atoms with Crippen LogP contribution in [0.25, 0.3) is 0 Å². The summed E-state index contributed by atoms with van der Waals surface area (Å²) in [6.07, 6.45) is 3.57. The Labute approximate surface area is 155 Å². The van der Waals surface area contributed by atoms with Crippen molar-refractivity contribution in [3.05, 3.63) is 64.2 Å². The first-order valence-electron chi connectivity index (χ1n) is 9.63. The van der Waals surface area contributed by atoms with Gasteiger partial charge < -0.3 is 10.0 Å². The molecule has 0 heterocycles. The second kappa shape index (κ2) is 6.46. The molecule has 3 atom stereocenters. The van der Waals surface area contributed by atoms with Gasteiger partial charge in [0.15, 0.2) is 0 Å². The largest absolute Gasteiger partial charge is 0.507 e. The fraction of sp³-hybridized carbons (Fsp3) is 0.435. The molecule has 1 unspecified atom stereocenters. The Morgan fingerprint density at radius 2 is 1.92 bits per heavy atom. The van der Waals surface area contributed by atoms with E-state index in [4.69, 9.17) is 0 Å². The van der Waals surface area contributed by atoms with Crippen LogP contribution in [-0.2, 0) is 11.3 Å². The van der Waals surface area contributed by atoms with Crippen LogP contribution in [0.15, 0.2) is 36.4 Å². The lowest BCUT2D eigenvalue weighted by molar-refractivity contribution is -0.133. The minimum atomic E-state index is 0.0710. The van der Waals surface area contributed by atoms with Gasteiger partial charge in [0.25, 0.3) is 0 Å². The number of aryl methyl sites for hydroxylation is 1. The fourth-order valence-corrected chi connectivity index (χ4v) is 5.26. The maximum Gasteiger partial charge on any atom is 0.220 e. The zero-order valence-corrected chi connectivity index (χ0v) is 15.8. The molecule has 1 fully saturated rings. The lowest BCUT2D eigenvalue weighted by Crippen LogP contribution is -2.35. The first-order valence-corrected chi connectivity index (χ1v) is 9.63. The summed E-state index contributed by atoms with van der Waals surface area (Å²) in [5.74, 6) is 1.48. The van der Waals surface area contributed by atoms with Crippen molar-refractivity contribution < 1.29 is 9.90 Å². The molecule has 0 bridgehead atoms. The second-order valence-electron chi connectivity index (χ2n) is 7.95. The van der Waals surface area contributed by atoms with Gasteiger partial charge >= 0.3 is 0 Å². The number of amides is 1. The Balaban J connectivity index is 1.82. The average Bonchev–Trinajstić information content (AvgIpc) is 3.20. The number of rotatable bonds is 3. The molecule has 0 spiro atoms. The van der Waals surface area contributed by atoms with Crippen LogP contribution in [0, 0.1) is 19.8 Å². The normalized spacial score (nSPS) is 23.6. The molecule has 3 heteroatoms. The first kappa shape index (κ1) is 17.1. The molecule has 2 aliphatic rings. The van der Waals surface area contributed by atoms with Gasteiger partial charge in [-0.2, -0.15) is 0 Å². The smallest absolute Gasteiger partial charge is 0.220 e. The van der Waals surface area contributed by atoms with E-state index < -0.39 is 0 Å². The first-order chi connectivity index (χ1) is 12.5. The predicted molar refractivity (Wildman–Crippen MR) is 103 cm³/mol. The lowest BCUT2D eigenvalue weighted by Gasteiger charge is -2.34. The quantitative estimate of drug-likeness (QED) is 0.847. The summed E-state index contributed by atoms with van der Waals surface area (Å²) in [7, 11) is 0. The predicted octanol–water partition coefficient (Wildman–Crippen LogP) is 5.00. The molecule has 2 aromatic carbocycles. The SMILES string of the molecule is CC(=O)N(Cc1ccccc1)C1c2c(cc(C)c(O)c2C)[C@H]2CCC[C@@H]12. The topological polar surface area (TPSA) is 40.5 Å². The van der Waals surface area contributed by atoms with Crippen molar-refractivity contribution in [1.29, 1.82) is 0 Å². The van der Waals surface area contributed by atoms with Crippen LogP contribution in [0.2, 0.25) is 0 Å². The van der Waals surface area contributed by atoms with Crippen LogP contribution in [0.4, 0.5) is 0 Å². The number of carbonyl (C=O) groups is 1. The third kappa shape index (κ3) is 2.61. The molecular formula is C23H27NO2. The van der Waals surface area contributed by atoms with Crippen molar-refractivity contribution in [3.63, 3.8) is 0 Å². The highest BCUT2D eigenvalue weighted by molar-refractivity contribution is 5.75. The Hall–Kier alpha value is -2.29. The van der Waals surface area contributed by atoms with Gasteiger partial charge in [-0.25, -0.2) is 0 Å². The van der Waals surface area contributed by atoms with Crippen molar-refractivity contribution in [2.75, 3.05) is 0 Å². The molecule has 2 aliphatic carbocycles. The van der Waals surface area contributed by atoms with Gasteiger partial charge in [-0.1, -0.05) is 42.8 Å². The number of aromatic hydroxyl groups is 1. The van der Waals surface area contributed by atoms with Gasteiger partial charge in [0.05, 0.1) is 6.04 Å². The van der Waals surface area contributed by atoms with Crippen LogP contribution in [0.5, 0.6) is 5.75 Å². The lowest BCUT2D eigenvalue weighted by atomic mass is 9.92. The summed E-state index contributed by atoms with van der Waals surface area (Å²) in [4.78, 5) is 14.7. The van der Waals surface area contributed by atoms with Gasteiger partial charge in [-0.3, -0.25) is 4.79 Å². The van der Waals surface area contributed by atoms with E-state index in [2.05, 4.69) is 18.2 Å². The average molecular weight is 349 g/mol. The zero-order chi connectivity index (χ0) is 18.4. The molecule has 4 rings (SSSR count). The van der Waals surface area contributed by atoms with Crippen LogP contribution in [0.1, 0.15) is 66.0 Å². The van der Waals surface area contributed by atoms with Crippen molar-refractivity contribution in [1.82, 2.24) is 4.90 Å². The maximum atomic E-state index is 12.7. The molecule has 3 nitrogen and oxygen atoms in total. The van der Waals surface area contributed by atoms with E-state index in [-0.39, 0.29) is 11.9 Å². The van der Waals surface area contributed by atoms with Crippen LogP contribution < -0.4 is 0 Å². The number of phenols is 1. The number of hydrogen-bond donors (Lipinski definition) is 1. The highest BCUT2D eigenvalue weighted by atomic mass is 16.3. The van der Waals surface area contributed by atoms with Gasteiger partial charge in [-0.15, -0.1) is 0 Å². The molecule has 0 radical (unpaired) electrons. The molecule has 1 saturated carbocycles. The summed E-state index contributed by atoms with van der Waals surface area (Å²) in [5.41, 5.74) is 5.63. The number of hydrogen-bond acceptors (Lipinski definition) is 2. The van der Waals surface area contributed by atoms with Crippen molar-refractivity contribution in [2.24, 2.45) is 5.92 Å². The summed E-state index contributed by atoms with van der Waals surface area (Å²) in [5, 5.41) is 10.6. The minimum Gasteiger partial charge on any atom is -0.507 e. The Bertz CT molecular complexity index is 843. The number of phenolic OH excluding ortho intramolecular Hbond substituents is 1. The highest BCUT2D eigenvalue weighted by Crippen LogP contribution is 2.58. The van der Waals surface area contributed by atoms with E-state index >= 15 is 0 Å². The molecule has 0 saturated heterocycles. The van der Waals surface area contributed by atoms with Crippen LogP contribution in [-0.4, -0.2) is 15.9 Å². The maximum absolute atomic E-state index is 12.7. The van der Waals surface area contributed by atoms with Crippen molar-refractivity contribution in [2.45, 2.75) is 58.5 Å². The molecule has 0 aliphatic heterocycles. The van der Waals surface area contributed by atoms with Crippen LogP contribution >= 0.6 is 0 Å². The van der Waals surface area contributed by atoms with Gasteiger partial charge in [0.1, 0.15) is 5.75 Å². The standard InChI is InChI=1S/C23H27NO2/c1-14-12-20-18-10-7-11-19(18)22(21(20)15(2)23(14)26)24(16(3)25)13-17-8-5-4-6-9-17/h4-6,8-9,12,18-19,22,26H,7,10-11,13H2,1-3H3/t18-,19+,22?/m0/s1. The number of carbonyl (C=O) groups excluding carboxylic acids is 1. The fourth-order valence-electron chi connectivity index (χ4n) is 5.26. The molecule has 1 N–H and O–H groups in total. The number of nitrogens with zero attached hydrogens (tertiary/aromatic N) is 1. The molecule has 1 amide bonds. The molecule has 26 heavy (non-hydrogen) atoms. The molecule has 2 aromatic rings. The summed E-state index contributed by atoms with van der Waals surface area (Å²) >= 11 is 0. The van der Waals surface area contributed by atoms with E-state index in [0.717, 1.165) is 23.1 Å². The van der Waals surface area contributed by atoms with E-state index in [1.54, 1.807) is 6.92 Å². The number of fused-ring (bicyclic) bond motifs is 3. The number of benzene rings is 2. The monoisotopic (exact) mass is 349 g/mol. The zero-order valence-electron chi connectivity index (χ0n) is 15.8. The minimum absolute atomic E-state index is 0.0710. The van der Waals surface area contributed by atoms with E-state index in [1.807, 2.05) is 36.9 Å². The summed E-state index contributed by atoms with van der Waals surface area (Å²) in [6.45, 7) is 6.29. The Kier molecular flexibility index (Phi) is 4.26.